The molecule has 0 unspecified atom stereocenters. The molecule has 0 bridgehead atoms. The van der Waals surface area contributed by atoms with E-state index < -0.39 is 0 Å². The molecule has 0 saturated heterocycles. The van der Waals surface area contributed by atoms with Crippen molar-refractivity contribution in [1.29, 1.82) is 0 Å². The van der Waals surface area contributed by atoms with E-state index in [1.807, 2.05) is 43.3 Å². The van der Waals surface area contributed by atoms with Gasteiger partial charge in [0.1, 0.15) is 11.5 Å². The molecule has 0 saturated carbocycles. The average Bonchev–Trinajstić information content (AvgIpc) is 2.89. The number of hydrogen-bond acceptors (Lipinski definition) is 5. The van der Waals surface area contributed by atoms with Crippen molar-refractivity contribution in [3.8, 4) is 22.9 Å². The SMILES string of the molecule is CC[C@@H](C)Oc1c(I)cc(C=Nn2c(-c3cc(C(C)C)c(OC)cc3C)nc3ccccc3c2=O)cc1I. The first-order valence-corrected chi connectivity index (χ1v) is 14.7. The number of ether oxygens (including phenoxy) is 2. The molecule has 0 aliphatic rings. The number of aromatic nitrogens is 2. The van der Waals surface area contributed by atoms with Crippen molar-refractivity contribution in [2.24, 2.45) is 5.10 Å². The summed E-state index contributed by atoms with van der Waals surface area (Å²) in [7, 11) is 1.68. The third-order valence-corrected chi connectivity index (χ3v) is 8.03. The molecule has 0 fully saturated rings. The van der Waals surface area contributed by atoms with Gasteiger partial charge < -0.3 is 9.47 Å². The maximum atomic E-state index is 13.7. The van der Waals surface area contributed by atoms with E-state index in [1.165, 1.54) is 4.68 Å². The maximum Gasteiger partial charge on any atom is 0.282 e. The van der Waals surface area contributed by atoms with E-state index in [9.17, 15) is 4.79 Å². The Hall–Kier alpha value is -2.47. The Morgan fingerprint density at radius 2 is 1.76 bits per heavy atom. The summed E-state index contributed by atoms with van der Waals surface area (Å²) in [5.74, 6) is 2.42. The van der Waals surface area contributed by atoms with Gasteiger partial charge >= 0.3 is 0 Å². The average molecular weight is 735 g/mol. The van der Waals surface area contributed by atoms with Gasteiger partial charge in [-0.05, 0) is 124 Å². The van der Waals surface area contributed by atoms with Gasteiger partial charge in [-0.2, -0.15) is 9.78 Å². The Balaban J connectivity index is 1.90. The molecule has 4 rings (SSSR count). The van der Waals surface area contributed by atoms with Crippen LogP contribution in [0.25, 0.3) is 22.3 Å². The molecule has 1 atom stereocenters. The zero-order chi connectivity index (χ0) is 27.6. The van der Waals surface area contributed by atoms with Gasteiger partial charge in [-0.25, -0.2) is 4.98 Å². The number of para-hydroxylation sites is 1. The van der Waals surface area contributed by atoms with E-state index in [0.29, 0.717) is 16.7 Å². The third-order valence-electron chi connectivity index (χ3n) is 6.43. The summed E-state index contributed by atoms with van der Waals surface area (Å²) in [6.45, 7) is 10.4. The van der Waals surface area contributed by atoms with E-state index in [2.05, 4.69) is 84.0 Å². The number of hydrogen-bond donors (Lipinski definition) is 0. The molecule has 0 aliphatic heterocycles. The molecule has 0 radical (unpaired) electrons. The summed E-state index contributed by atoms with van der Waals surface area (Å²) < 4.78 is 15.1. The summed E-state index contributed by atoms with van der Waals surface area (Å²) in [5.41, 5.74) is 4.13. The predicted molar refractivity (Wildman–Crippen MR) is 172 cm³/mol. The molecule has 198 valence electrons. The Morgan fingerprint density at radius 1 is 1.08 bits per heavy atom. The van der Waals surface area contributed by atoms with E-state index in [4.69, 9.17) is 14.5 Å². The zero-order valence-corrected chi connectivity index (χ0v) is 26.7. The third kappa shape index (κ3) is 5.90. The Labute approximate surface area is 250 Å². The predicted octanol–water partition coefficient (Wildman–Crippen LogP) is 7.77. The van der Waals surface area contributed by atoms with Crippen LogP contribution in [0.4, 0.5) is 0 Å². The molecular formula is C30H31I2N3O3. The number of rotatable bonds is 8. The molecule has 0 N–H and O–H groups in total. The molecule has 6 nitrogen and oxygen atoms in total. The number of methoxy groups -OCH3 is 1. The van der Waals surface area contributed by atoms with E-state index >= 15 is 0 Å². The minimum absolute atomic E-state index is 0.129. The van der Waals surface area contributed by atoms with Crippen LogP contribution in [-0.2, 0) is 0 Å². The number of nitrogens with zero attached hydrogens (tertiary/aromatic N) is 3. The first-order valence-electron chi connectivity index (χ1n) is 12.5. The molecule has 3 aromatic carbocycles. The lowest BCUT2D eigenvalue weighted by Gasteiger charge is -2.17. The maximum absolute atomic E-state index is 13.7. The molecule has 0 spiro atoms. The second-order valence-electron chi connectivity index (χ2n) is 9.53. The normalized spacial score (nSPS) is 12.4. The van der Waals surface area contributed by atoms with Gasteiger partial charge in [0.25, 0.3) is 5.56 Å². The van der Waals surface area contributed by atoms with E-state index in [0.717, 1.165) is 47.3 Å². The lowest BCUT2D eigenvalue weighted by molar-refractivity contribution is 0.214. The van der Waals surface area contributed by atoms with Crippen molar-refractivity contribution in [2.45, 2.75) is 53.1 Å². The highest BCUT2D eigenvalue weighted by Gasteiger charge is 2.18. The zero-order valence-electron chi connectivity index (χ0n) is 22.4. The number of halogens is 2. The van der Waals surface area contributed by atoms with Crippen LogP contribution < -0.4 is 15.0 Å². The fourth-order valence-corrected chi connectivity index (χ4v) is 6.22. The van der Waals surface area contributed by atoms with Gasteiger partial charge in [-0.3, -0.25) is 4.79 Å². The van der Waals surface area contributed by atoms with Gasteiger partial charge in [0, 0.05) is 5.56 Å². The molecule has 0 amide bonds. The number of aryl methyl sites for hydroxylation is 1. The van der Waals surface area contributed by atoms with Crippen LogP contribution in [0.15, 0.2) is 58.4 Å². The Kier molecular flexibility index (Phi) is 9.12. The molecule has 8 heteroatoms. The first-order chi connectivity index (χ1) is 18.1. The number of fused-ring (bicyclic) bond motifs is 1. The van der Waals surface area contributed by atoms with E-state index in [-0.39, 0.29) is 17.6 Å². The van der Waals surface area contributed by atoms with Crippen LogP contribution in [-0.4, -0.2) is 29.1 Å². The van der Waals surface area contributed by atoms with Gasteiger partial charge in [0.05, 0.1) is 37.5 Å². The van der Waals surface area contributed by atoms with Crippen LogP contribution >= 0.6 is 45.2 Å². The summed E-state index contributed by atoms with van der Waals surface area (Å²) in [6.07, 6.45) is 2.77. The topological polar surface area (TPSA) is 65.7 Å². The van der Waals surface area contributed by atoms with Crippen LogP contribution in [0, 0.1) is 14.1 Å². The molecule has 38 heavy (non-hydrogen) atoms. The highest BCUT2D eigenvalue weighted by atomic mass is 127. The van der Waals surface area contributed by atoms with Crippen LogP contribution in [0.2, 0.25) is 0 Å². The largest absolute Gasteiger partial charge is 0.496 e. The second-order valence-corrected chi connectivity index (χ2v) is 11.9. The summed E-state index contributed by atoms with van der Waals surface area (Å²) >= 11 is 4.57. The fourth-order valence-electron chi connectivity index (χ4n) is 4.15. The molecular weight excluding hydrogens is 704 g/mol. The lowest BCUT2D eigenvalue weighted by atomic mass is 9.96. The standard InChI is InChI=1S/C30H31I2N3O3/c1-7-19(5)38-28-24(31)13-20(14-25(28)32)16-33-35-29(34-26-11-9-8-10-21(26)30(35)36)23-15-22(17(2)3)27(37-6)12-18(23)4/h8-17,19H,7H2,1-6H3/t19-/m1/s1. The van der Waals surface area contributed by atoms with Crippen molar-refractivity contribution in [2.75, 3.05) is 7.11 Å². The van der Waals surface area contributed by atoms with Gasteiger partial charge in [-0.1, -0.05) is 32.9 Å². The first kappa shape index (κ1) is 28.5. The quantitative estimate of drug-likeness (QED) is 0.137. The molecule has 1 aromatic heterocycles. The van der Waals surface area contributed by atoms with Crippen molar-refractivity contribution >= 4 is 62.3 Å². The van der Waals surface area contributed by atoms with Crippen molar-refractivity contribution in [3.63, 3.8) is 0 Å². The van der Waals surface area contributed by atoms with E-state index in [1.54, 1.807) is 19.4 Å². The molecule has 0 aliphatic carbocycles. The molecule has 4 aromatic rings. The summed E-state index contributed by atoms with van der Waals surface area (Å²) in [4.78, 5) is 18.6. The monoisotopic (exact) mass is 735 g/mol. The lowest BCUT2D eigenvalue weighted by Crippen LogP contribution is -2.21. The van der Waals surface area contributed by atoms with Crippen LogP contribution in [0.1, 0.15) is 56.7 Å². The highest BCUT2D eigenvalue weighted by molar-refractivity contribution is 14.1. The van der Waals surface area contributed by atoms with Gasteiger partial charge in [0.2, 0.25) is 0 Å². The highest BCUT2D eigenvalue weighted by Crippen LogP contribution is 2.34. The summed E-state index contributed by atoms with van der Waals surface area (Å²) in [5, 5.41) is 5.21. The van der Waals surface area contributed by atoms with Gasteiger partial charge in [0.15, 0.2) is 5.82 Å². The van der Waals surface area contributed by atoms with Crippen molar-refractivity contribution < 1.29 is 9.47 Å². The van der Waals surface area contributed by atoms with Crippen LogP contribution in [0.5, 0.6) is 11.5 Å². The summed E-state index contributed by atoms with van der Waals surface area (Å²) in [6, 6.07) is 15.5. The minimum atomic E-state index is -0.218. The molecule has 1 heterocycles. The number of benzene rings is 3. The van der Waals surface area contributed by atoms with Crippen LogP contribution in [0.3, 0.4) is 0 Å². The smallest absolute Gasteiger partial charge is 0.282 e. The van der Waals surface area contributed by atoms with Crippen molar-refractivity contribution in [3.05, 3.63) is 82.7 Å². The Morgan fingerprint density at radius 3 is 2.39 bits per heavy atom. The Bertz CT molecular complexity index is 1550. The van der Waals surface area contributed by atoms with Gasteiger partial charge in [-0.15, -0.1) is 0 Å². The van der Waals surface area contributed by atoms with Crippen molar-refractivity contribution in [1.82, 2.24) is 9.66 Å². The minimum Gasteiger partial charge on any atom is -0.496 e. The second kappa shape index (κ2) is 12.1. The fraction of sp³-hybridized carbons (Fsp3) is 0.300.